The number of aliphatic hydroxyl groups is 1. The molecule has 0 radical (unpaired) electrons. The molecule has 2 nitrogen and oxygen atoms in total. The third-order valence-electron chi connectivity index (χ3n) is 5.28. The molecule has 0 aliphatic heterocycles. The molecule has 118 valence electrons. The van der Waals surface area contributed by atoms with Crippen LogP contribution in [0.25, 0.3) is 0 Å². The topological polar surface area (TPSA) is 32.3 Å². The molecule has 0 aromatic heterocycles. The first-order valence-electron chi connectivity index (χ1n) is 8.57. The fourth-order valence-electron chi connectivity index (χ4n) is 4.25. The summed E-state index contributed by atoms with van der Waals surface area (Å²) in [6, 6.07) is 0.653. The summed E-state index contributed by atoms with van der Waals surface area (Å²) in [5, 5.41) is 14.1. The lowest BCUT2D eigenvalue weighted by atomic mass is 9.71. The summed E-state index contributed by atoms with van der Waals surface area (Å²) in [4.78, 5) is 0. The molecule has 3 heteroatoms. The van der Waals surface area contributed by atoms with Crippen LogP contribution in [0.5, 0.6) is 0 Å². The minimum atomic E-state index is -0.562. The minimum Gasteiger partial charge on any atom is -0.388 e. The second kappa shape index (κ2) is 8.05. The Morgan fingerprint density at radius 1 is 1.05 bits per heavy atom. The monoisotopic (exact) mass is 299 g/mol. The summed E-state index contributed by atoms with van der Waals surface area (Å²) < 4.78 is 0. The number of hydrogen-bond donors (Lipinski definition) is 2. The summed E-state index contributed by atoms with van der Waals surface area (Å²) in [5.74, 6) is 2.64. The molecule has 0 heterocycles. The van der Waals surface area contributed by atoms with Crippen molar-refractivity contribution in [3.8, 4) is 0 Å². The molecular formula is C17H33NOS. The summed E-state index contributed by atoms with van der Waals surface area (Å²) in [5.41, 5.74) is -0.562. The molecule has 3 atom stereocenters. The first-order chi connectivity index (χ1) is 9.62. The number of hydrogen-bond acceptors (Lipinski definition) is 3. The molecule has 3 unspecified atom stereocenters. The van der Waals surface area contributed by atoms with Crippen molar-refractivity contribution < 1.29 is 5.11 Å². The molecular weight excluding hydrogens is 266 g/mol. The number of nitrogens with one attached hydrogen (secondary N) is 1. The molecule has 2 N–H and O–H groups in total. The maximum atomic E-state index is 10.4. The summed E-state index contributed by atoms with van der Waals surface area (Å²) in [6.45, 7) is 2.72. The predicted octanol–water partition coefficient (Wildman–Crippen LogP) is 3.83. The highest BCUT2D eigenvalue weighted by Crippen LogP contribution is 2.38. The van der Waals surface area contributed by atoms with Crippen LogP contribution in [0.4, 0.5) is 0 Å². The molecule has 0 spiro atoms. The van der Waals surface area contributed by atoms with Crippen LogP contribution in [0.2, 0.25) is 0 Å². The van der Waals surface area contributed by atoms with Gasteiger partial charge in [0.25, 0.3) is 0 Å². The second-order valence-electron chi connectivity index (χ2n) is 7.26. The van der Waals surface area contributed by atoms with E-state index in [0.717, 1.165) is 24.1 Å². The normalized spacial score (nSPS) is 31.9. The molecule has 2 aliphatic rings. The van der Waals surface area contributed by atoms with Crippen molar-refractivity contribution in [2.75, 3.05) is 18.6 Å². The lowest BCUT2D eigenvalue weighted by molar-refractivity contribution is 0.0676. The van der Waals surface area contributed by atoms with E-state index in [0.29, 0.717) is 6.04 Å². The molecule has 2 saturated carbocycles. The minimum absolute atomic E-state index is 0.562. The van der Waals surface area contributed by atoms with Gasteiger partial charge >= 0.3 is 0 Å². The van der Waals surface area contributed by atoms with E-state index in [1.54, 1.807) is 11.8 Å². The molecule has 0 saturated heterocycles. The second-order valence-corrected chi connectivity index (χ2v) is 8.13. The Labute approximate surface area is 129 Å². The SMILES string of the molecule is CSCC(C)(O)CNC1CCCCC1C1CCCCC1. The molecule has 2 aliphatic carbocycles. The van der Waals surface area contributed by atoms with Crippen molar-refractivity contribution in [1.29, 1.82) is 0 Å². The molecule has 2 fully saturated rings. The van der Waals surface area contributed by atoms with Crippen molar-refractivity contribution in [2.45, 2.75) is 76.4 Å². The van der Waals surface area contributed by atoms with Crippen LogP contribution in [0.1, 0.15) is 64.7 Å². The Kier molecular flexibility index (Phi) is 6.70. The van der Waals surface area contributed by atoms with Crippen LogP contribution in [0, 0.1) is 11.8 Å². The van der Waals surface area contributed by atoms with Crippen molar-refractivity contribution in [2.24, 2.45) is 11.8 Å². The van der Waals surface area contributed by atoms with Gasteiger partial charge in [0.05, 0.1) is 5.60 Å². The highest BCUT2D eigenvalue weighted by molar-refractivity contribution is 7.98. The van der Waals surface area contributed by atoms with Gasteiger partial charge in [0.15, 0.2) is 0 Å². The number of rotatable bonds is 6. The van der Waals surface area contributed by atoms with Gasteiger partial charge in [-0.05, 0) is 37.9 Å². The molecule has 0 aromatic rings. The van der Waals surface area contributed by atoms with Gasteiger partial charge in [-0.15, -0.1) is 0 Å². The maximum absolute atomic E-state index is 10.4. The van der Waals surface area contributed by atoms with Gasteiger partial charge in [0.1, 0.15) is 0 Å². The quantitative estimate of drug-likeness (QED) is 0.782. The van der Waals surface area contributed by atoms with Crippen LogP contribution < -0.4 is 5.32 Å². The third kappa shape index (κ3) is 4.92. The molecule has 0 aromatic carbocycles. The maximum Gasteiger partial charge on any atom is 0.0833 e. The van der Waals surface area contributed by atoms with Crippen LogP contribution in [-0.2, 0) is 0 Å². The zero-order valence-electron chi connectivity index (χ0n) is 13.4. The van der Waals surface area contributed by atoms with E-state index >= 15 is 0 Å². The van der Waals surface area contributed by atoms with E-state index in [1.165, 1.54) is 57.8 Å². The standard InChI is InChI=1S/C17H33NOS/c1-17(19,13-20-2)12-18-16-11-7-6-10-15(16)14-8-4-3-5-9-14/h14-16,18-19H,3-13H2,1-2H3. The van der Waals surface area contributed by atoms with Crippen molar-refractivity contribution in [1.82, 2.24) is 5.32 Å². The lowest BCUT2D eigenvalue weighted by Gasteiger charge is -2.40. The van der Waals surface area contributed by atoms with E-state index in [1.807, 2.05) is 6.92 Å². The Bertz CT molecular complexity index is 276. The van der Waals surface area contributed by atoms with Crippen LogP contribution in [0.15, 0.2) is 0 Å². The summed E-state index contributed by atoms with van der Waals surface area (Å²) >= 11 is 1.73. The van der Waals surface area contributed by atoms with Gasteiger partial charge in [0.2, 0.25) is 0 Å². The Morgan fingerprint density at radius 2 is 1.70 bits per heavy atom. The van der Waals surface area contributed by atoms with Crippen LogP contribution >= 0.6 is 11.8 Å². The van der Waals surface area contributed by atoms with Gasteiger partial charge < -0.3 is 10.4 Å². The zero-order chi connectivity index (χ0) is 14.4. The summed E-state index contributed by atoms with van der Waals surface area (Å²) in [7, 11) is 0. The van der Waals surface area contributed by atoms with Crippen molar-refractivity contribution in [3.63, 3.8) is 0 Å². The van der Waals surface area contributed by atoms with Gasteiger partial charge in [-0.2, -0.15) is 11.8 Å². The average Bonchev–Trinajstić information content (AvgIpc) is 2.46. The Balaban J connectivity index is 1.86. The average molecular weight is 300 g/mol. The van der Waals surface area contributed by atoms with E-state index in [4.69, 9.17) is 0 Å². The zero-order valence-corrected chi connectivity index (χ0v) is 14.2. The summed E-state index contributed by atoms with van der Waals surface area (Å²) in [6.07, 6.45) is 14.8. The number of thioether (sulfide) groups is 1. The van der Waals surface area contributed by atoms with Crippen molar-refractivity contribution >= 4 is 11.8 Å². The molecule has 20 heavy (non-hydrogen) atoms. The smallest absolute Gasteiger partial charge is 0.0833 e. The predicted molar refractivity (Wildman–Crippen MR) is 89.3 cm³/mol. The fraction of sp³-hybridized carbons (Fsp3) is 1.00. The van der Waals surface area contributed by atoms with E-state index in [9.17, 15) is 5.11 Å². The van der Waals surface area contributed by atoms with E-state index in [-0.39, 0.29) is 0 Å². The van der Waals surface area contributed by atoms with Gasteiger partial charge in [-0.25, -0.2) is 0 Å². The van der Waals surface area contributed by atoms with Gasteiger partial charge in [-0.3, -0.25) is 0 Å². The lowest BCUT2D eigenvalue weighted by Crippen LogP contribution is -2.49. The third-order valence-corrected chi connectivity index (χ3v) is 6.19. The van der Waals surface area contributed by atoms with Gasteiger partial charge in [0, 0.05) is 18.3 Å². The Hall–Kier alpha value is 0.270. The highest BCUT2D eigenvalue weighted by atomic mass is 32.2. The van der Waals surface area contributed by atoms with E-state index < -0.39 is 5.60 Å². The van der Waals surface area contributed by atoms with E-state index in [2.05, 4.69) is 11.6 Å². The van der Waals surface area contributed by atoms with Crippen LogP contribution in [0.3, 0.4) is 0 Å². The molecule has 0 bridgehead atoms. The fourth-order valence-corrected chi connectivity index (χ4v) is 4.98. The van der Waals surface area contributed by atoms with Crippen molar-refractivity contribution in [3.05, 3.63) is 0 Å². The van der Waals surface area contributed by atoms with Crippen LogP contribution in [-0.4, -0.2) is 35.3 Å². The highest BCUT2D eigenvalue weighted by Gasteiger charge is 2.33. The first kappa shape index (κ1) is 16.6. The van der Waals surface area contributed by atoms with Gasteiger partial charge in [-0.1, -0.05) is 44.9 Å². The Morgan fingerprint density at radius 3 is 2.40 bits per heavy atom. The first-order valence-corrected chi connectivity index (χ1v) is 9.96. The molecule has 2 rings (SSSR count). The molecule has 0 amide bonds. The largest absolute Gasteiger partial charge is 0.388 e.